The van der Waals surface area contributed by atoms with Crippen LogP contribution < -0.4 is 0 Å². The number of benzene rings is 2. The van der Waals surface area contributed by atoms with E-state index < -0.39 is 0 Å². The van der Waals surface area contributed by atoms with Crippen LogP contribution in [0.2, 0.25) is 0 Å². The first-order valence-corrected chi connectivity index (χ1v) is 8.34. The van der Waals surface area contributed by atoms with E-state index in [2.05, 4.69) is 52.4 Å². The smallest absolute Gasteiger partial charge is 0.0769 e. The monoisotopic (exact) mass is 321 g/mol. The van der Waals surface area contributed by atoms with Crippen molar-refractivity contribution in [3.63, 3.8) is 0 Å². The van der Waals surface area contributed by atoms with Crippen molar-refractivity contribution >= 4 is 23.7 Å². The lowest BCUT2D eigenvalue weighted by Gasteiger charge is -2.05. The predicted octanol–water partition coefficient (Wildman–Crippen LogP) is 5.24. The predicted molar refractivity (Wildman–Crippen MR) is 97.1 cm³/mol. The molecule has 0 aliphatic carbocycles. The topological polar surface area (TPSA) is 41.0 Å². The lowest BCUT2D eigenvalue weighted by Crippen LogP contribution is -1.82. The third-order valence-corrected chi connectivity index (χ3v) is 4.94. The molecule has 0 spiro atoms. The van der Waals surface area contributed by atoms with Crippen LogP contribution in [0.25, 0.3) is 0 Å². The van der Waals surface area contributed by atoms with Crippen LogP contribution in [0.15, 0.2) is 63.3 Å². The number of rotatable bonds is 4. The Morgan fingerprint density at radius 3 is 2.43 bits per heavy atom. The molecule has 0 atom stereocenters. The number of hydrogen-bond acceptors (Lipinski definition) is 3. The van der Waals surface area contributed by atoms with Gasteiger partial charge in [0.15, 0.2) is 0 Å². The fourth-order valence-corrected chi connectivity index (χ4v) is 3.23. The Labute approximate surface area is 140 Å². The van der Waals surface area contributed by atoms with Crippen molar-refractivity contribution in [3.05, 3.63) is 71.0 Å². The number of para-hydroxylation sites is 1. The maximum absolute atomic E-state index is 4.67. The molecule has 0 aliphatic heterocycles. The van der Waals surface area contributed by atoms with E-state index in [4.69, 9.17) is 0 Å². The van der Waals surface area contributed by atoms with Crippen LogP contribution >= 0.6 is 11.8 Å². The molecule has 1 aromatic heterocycles. The van der Waals surface area contributed by atoms with Gasteiger partial charge in [0.2, 0.25) is 0 Å². The Morgan fingerprint density at radius 2 is 1.74 bits per heavy atom. The Bertz CT molecular complexity index is 813. The van der Waals surface area contributed by atoms with Crippen LogP contribution in [0.4, 0.5) is 5.69 Å². The Kier molecular flexibility index (Phi) is 4.63. The summed E-state index contributed by atoms with van der Waals surface area (Å²) in [5, 5.41) is 7.29. The van der Waals surface area contributed by atoms with E-state index >= 15 is 0 Å². The molecule has 116 valence electrons. The number of aliphatic imine (C=N–C) groups is 1. The molecule has 0 amide bonds. The minimum Gasteiger partial charge on any atom is -0.281 e. The van der Waals surface area contributed by atoms with Gasteiger partial charge in [-0.1, -0.05) is 53.7 Å². The van der Waals surface area contributed by atoms with E-state index in [1.165, 1.54) is 10.5 Å². The third kappa shape index (κ3) is 3.71. The highest BCUT2D eigenvalue weighted by molar-refractivity contribution is 7.99. The van der Waals surface area contributed by atoms with E-state index in [-0.39, 0.29) is 0 Å². The molecule has 0 saturated heterocycles. The number of nitrogens with zero attached hydrogens (tertiary/aromatic N) is 2. The van der Waals surface area contributed by atoms with Crippen LogP contribution in [0.5, 0.6) is 0 Å². The number of nitrogens with one attached hydrogen (secondary N) is 1. The second-order valence-electron chi connectivity index (χ2n) is 5.50. The number of H-pyrrole nitrogens is 1. The first-order valence-electron chi connectivity index (χ1n) is 7.52. The Morgan fingerprint density at radius 1 is 1.00 bits per heavy atom. The number of aryl methyl sites for hydroxylation is 3. The van der Waals surface area contributed by atoms with Crippen molar-refractivity contribution in [1.82, 2.24) is 10.2 Å². The van der Waals surface area contributed by atoms with Crippen molar-refractivity contribution in [2.45, 2.75) is 30.6 Å². The summed E-state index contributed by atoms with van der Waals surface area (Å²) in [6.07, 6.45) is 1.91. The SMILES string of the molecule is Cc1ccc(C=Nc2ccccc2Sc2c(C)n[nH]c2C)cc1. The summed E-state index contributed by atoms with van der Waals surface area (Å²) >= 11 is 1.70. The third-order valence-electron chi connectivity index (χ3n) is 3.57. The van der Waals surface area contributed by atoms with Crippen molar-refractivity contribution < 1.29 is 0 Å². The van der Waals surface area contributed by atoms with Crippen LogP contribution in [-0.2, 0) is 0 Å². The summed E-state index contributed by atoms with van der Waals surface area (Å²) in [6.45, 7) is 6.15. The van der Waals surface area contributed by atoms with E-state index in [1.807, 2.05) is 38.3 Å². The van der Waals surface area contributed by atoms with Gasteiger partial charge in [-0.05, 0) is 38.5 Å². The molecule has 0 aliphatic rings. The second kappa shape index (κ2) is 6.84. The largest absolute Gasteiger partial charge is 0.281 e. The lowest BCUT2D eigenvalue weighted by molar-refractivity contribution is 1.02. The summed E-state index contributed by atoms with van der Waals surface area (Å²) in [7, 11) is 0. The van der Waals surface area contributed by atoms with Gasteiger partial charge in [-0.2, -0.15) is 5.10 Å². The molecule has 2 aromatic carbocycles. The van der Waals surface area contributed by atoms with Crippen LogP contribution in [0.1, 0.15) is 22.5 Å². The zero-order chi connectivity index (χ0) is 16.2. The van der Waals surface area contributed by atoms with Gasteiger partial charge in [0.1, 0.15) is 0 Å². The quantitative estimate of drug-likeness (QED) is 0.668. The lowest BCUT2D eigenvalue weighted by atomic mass is 10.2. The van der Waals surface area contributed by atoms with Gasteiger partial charge in [0, 0.05) is 16.8 Å². The second-order valence-corrected chi connectivity index (χ2v) is 6.55. The van der Waals surface area contributed by atoms with Crippen LogP contribution in [0.3, 0.4) is 0 Å². The molecule has 0 unspecified atom stereocenters. The van der Waals surface area contributed by atoms with Gasteiger partial charge in [0.05, 0.1) is 16.3 Å². The molecule has 3 rings (SSSR count). The average molecular weight is 321 g/mol. The van der Waals surface area contributed by atoms with Crippen molar-refractivity contribution in [3.8, 4) is 0 Å². The van der Waals surface area contributed by atoms with E-state index in [9.17, 15) is 0 Å². The standard InChI is InChI=1S/C19H19N3S/c1-13-8-10-16(11-9-13)12-20-17-6-4-5-7-18(17)23-19-14(2)21-22-15(19)3/h4-12H,1-3H3,(H,21,22). The minimum atomic E-state index is 0.970. The highest BCUT2D eigenvalue weighted by Gasteiger charge is 2.10. The molecule has 4 heteroatoms. The van der Waals surface area contributed by atoms with E-state index in [0.29, 0.717) is 0 Å². The van der Waals surface area contributed by atoms with Gasteiger partial charge in [0.25, 0.3) is 0 Å². The number of aromatic nitrogens is 2. The highest BCUT2D eigenvalue weighted by Crippen LogP contribution is 2.37. The van der Waals surface area contributed by atoms with E-state index in [1.54, 1.807) is 11.8 Å². The zero-order valence-electron chi connectivity index (χ0n) is 13.5. The minimum absolute atomic E-state index is 0.970. The Balaban J connectivity index is 1.87. The molecule has 1 N–H and O–H groups in total. The summed E-state index contributed by atoms with van der Waals surface area (Å²) < 4.78 is 0. The van der Waals surface area contributed by atoms with Crippen LogP contribution in [0, 0.1) is 20.8 Å². The summed E-state index contributed by atoms with van der Waals surface area (Å²) in [6, 6.07) is 16.5. The van der Waals surface area contributed by atoms with Gasteiger partial charge < -0.3 is 0 Å². The number of aromatic amines is 1. The molecular weight excluding hydrogens is 302 g/mol. The van der Waals surface area contributed by atoms with Crippen molar-refractivity contribution in [1.29, 1.82) is 0 Å². The summed E-state index contributed by atoms with van der Waals surface area (Å²) in [5.74, 6) is 0. The fourth-order valence-electron chi connectivity index (χ4n) is 2.25. The zero-order valence-corrected chi connectivity index (χ0v) is 14.3. The molecule has 0 fully saturated rings. The maximum Gasteiger partial charge on any atom is 0.0769 e. The van der Waals surface area contributed by atoms with E-state index in [0.717, 1.165) is 27.5 Å². The molecule has 0 bridgehead atoms. The van der Waals surface area contributed by atoms with Gasteiger partial charge >= 0.3 is 0 Å². The molecule has 23 heavy (non-hydrogen) atoms. The molecule has 1 heterocycles. The summed E-state index contributed by atoms with van der Waals surface area (Å²) in [4.78, 5) is 6.97. The highest BCUT2D eigenvalue weighted by atomic mass is 32.2. The fraction of sp³-hybridized carbons (Fsp3) is 0.158. The maximum atomic E-state index is 4.67. The average Bonchev–Trinajstić information content (AvgIpc) is 2.87. The molecular formula is C19H19N3S. The van der Waals surface area contributed by atoms with Gasteiger partial charge in [-0.3, -0.25) is 10.1 Å². The molecule has 0 saturated carbocycles. The Hall–Kier alpha value is -2.33. The first-order chi connectivity index (χ1) is 11.1. The van der Waals surface area contributed by atoms with Crippen LogP contribution in [-0.4, -0.2) is 16.4 Å². The molecule has 0 radical (unpaired) electrons. The normalized spacial score (nSPS) is 11.3. The van der Waals surface area contributed by atoms with Crippen molar-refractivity contribution in [2.24, 2.45) is 4.99 Å². The van der Waals surface area contributed by atoms with Gasteiger partial charge in [-0.15, -0.1) is 0 Å². The van der Waals surface area contributed by atoms with Gasteiger partial charge in [-0.25, -0.2) is 0 Å². The number of hydrogen-bond donors (Lipinski definition) is 1. The van der Waals surface area contributed by atoms with Crippen molar-refractivity contribution in [2.75, 3.05) is 0 Å². The summed E-state index contributed by atoms with van der Waals surface area (Å²) in [5.41, 5.74) is 5.43. The first kappa shape index (κ1) is 15.6. The molecule has 3 aromatic rings. The molecule has 3 nitrogen and oxygen atoms in total.